The smallest absolute Gasteiger partial charge is 0.135 e. The Morgan fingerprint density at radius 3 is 1.93 bits per heavy atom. The maximum Gasteiger partial charge on any atom is 0.135 e. The minimum atomic E-state index is 0.881. The van der Waals surface area contributed by atoms with Gasteiger partial charge in [-0.2, -0.15) is 0 Å². The summed E-state index contributed by atoms with van der Waals surface area (Å²) in [5.41, 5.74) is 12.2. The molecule has 0 aliphatic rings. The third-order valence-corrected chi connectivity index (χ3v) is 12.1. The van der Waals surface area contributed by atoms with Gasteiger partial charge in [-0.05, 0) is 93.2 Å². The summed E-state index contributed by atoms with van der Waals surface area (Å²) in [5.74, 6) is 0. The number of furan rings is 1. The zero-order valence-electron chi connectivity index (χ0n) is 29.8. The molecule has 9 aromatic carbocycles. The van der Waals surface area contributed by atoms with Crippen LogP contribution in [-0.2, 0) is 0 Å². The van der Waals surface area contributed by atoms with Gasteiger partial charge in [0.2, 0.25) is 0 Å². The molecule has 11 rings (SSSR count). The molecule has 55 heavy (non-hydrogen) atoms. The second kappa shape index (κ2) is 12.9. The van der Waals surface area contributed by atoms with Crippen molar-refractivity contribution in [3.8, 4) is 33.4 Å². The van der Waals surface area contributed by atoms with E-state index in [1.807, 2.05) is 23.5 Å². The van der Waals surface area contributed by atoms with Crippen molar-refractivity contribution in [2.45, 2.75) is 0 Å². The van der Waals surface area contributed by atoms with E-state index >= 15 is 0 Å². The molecule has 0 bridgehead atoms. The number of fused-ring (bicyclic) bond motifs is 7. The number of rotatable bonds is 6. The van der Waals surface area contributed by atoms with E-state index in [0.29, 0.717) is 0 Å². The summed E-state index contributed by atoms with van der Waals surface area (Å²) in [4.78, 5) is 2.41. The molecule has 0 saturated carbocycles. The molecule has 0 unspecified atom stereocenters. The average molecular weight is 720 g/mol. The largest absolute Gasteiger partial charge is 0.456 e. The van der Waals surface area contributed by atoms with Gasteiger partial charge in [0, 0.05) is 47.9 Å². The molecule has 0 amide bonds. The van der Waals surface area contributed by atoms with Gasteiger partial charge in [0.25, 0.3) is 0 Å². The van der Waals surface area contributed by atoms with Crippen molar-refractivity contribution >= 4 is 81.3 Å². The first-order chi connectivity index (χ1) is 27.3. The van der Waals surface area contributed by atoms with Crippen molar-refractivity contribution < 1.29 is 4.42 Å². The Hall–Kier alpha value is -6.94. The molecule has 0 saturated heterocycles. The summed E-state index contributed by atoms with van der Waals surface area (Å²) in [5, 5.41) is 7.29. The van der Waals surface area contributed by atoms with Crippen LogP contribution in [0.1, 0.15) is 0 Å². The Labute approximate surface area is 322 Å². The average Bonchev–Trinajstić information content (AvgIpc) is 3.82. The molecule has 2 heterocycles. The first-order valence-electron chi connectivity index (χ1n) is 18.7. The molecule has 0 radical (unpaired) electrons. The van der Waals surface area contributed by atoms with Crippen molar-refractivity contribution in [1.82, 2.24) is 0 Å². The fourth-order valence-corrected chi connectivity index (χ4v) is 9.54. The Morgan fingerprint density at radius 2 is 0.982 bits per heavy atom. The minimum absolute atomic E-state index is 0.881. The maximum absolute atomic E-state index is 6.29. The molecular weight excluding hydrogens is 687 g/mol. The molecular formula is C52H33NOS. The number of anilines is 3. The van der Waals surface area contributed by atoms with Crippen molar-refractivity contribution in [3.63, 3.8) is 0 Å². The number of hydrogen-bond acceptors (Lipinski definition) is 3. The van der Waals surface area contributed by atoms with Crippen LogP contribution in [0.25, 0.3) is 86.3 Å². The van der Waals surface area contributed by atoms with Gasteiger partial charge < -0.3 is 9.32 Å². The van der Waals surface area contributed by atoms with Gasteiger partial charge in [0.05, 0.1) is 5.69 Å². The highest BCUT2D eigenvalue weighted by Crippen LogP contribution is 2.45. The Morgan fingerprint density at radius 1 is 0.364 bits per heavy atom. The first kappa shape index (κ1) is 31.6. The van der Waals surface area contributed by atoms with Crippen LogP contribution in [0, 0.1) is 0 Å². The van der Waals surface area contributed by atoms with Gasteiger partial charge in [-0.3, -0.25) is 0 Å². The van der Waals surface area contributed by atoms with E-state index in [2.05, 4.69) is 193 Å². The summed E-state index contributed by atoms with van der Waals surface area (Å²) >= 11 is 1.87. The second-order valence-electron chi connectivity index (χ2n) is 14.1. The van der Waals surface area contributed by atoms with Crippen LogP contribution in [0.4, 0.5) is 17.1 Å². The maximum atomic E-state index is 6.29. The van der Waals surface area contributed by atoms with Crippen molar-refractivity contribution in [3.05, 3.63) is 200 Å². The van der Waals surface area contributed by atoms with E-state index in [1.54, 1.807) is 0 Å². The fourth-order valence-electron chi connectivity index (χ4n) is 8.30. The number of para-hydroxylation sites is 2. The minimum Gasteiger partial charge on any atom is -0.456 e. The molecule has 0 aliphatic heterocycles. The number of thiophene rings is 1. The monoisotopic (exact) mass is 719 g/mol. The van der Waals surface area contributed by atoms with E-state index in [9.17, 15) is 0 Å². The van der Waals surface area contributed by atoms with E-state index in [0.717, 1.165) is 44.6 Å². The lowest BCUT2D eigenvalue weighted by Gasteiger charge is -2.28. The third kappa shape index (κ3) is 5.32. The second-order valence-corrected chi connectivity index (χ2v) is 15.1. The van der Waals surface area contributed by atoms with Crippen LogP contribution in [0.3, 0.4) is 0 Å². The molecule has 258 valence electrons. The molecule has 0 N–H and O–H groups in total. The van der Waals surface area contributed by atoms with Gasteiger partial charge in [0.1, 0.15) is 11.2 Å². The molecule has 0 spiro atoms. The predicted octanol–water partition coefficient (Wildman–Crippen LogP) is 15.6. The lowest BCUT2D eigenvalue weighted by Crippen LogP contribution is -2.11. The normalized spacial score (nSPS) is 11.6. The highest BCUT2D eigenvalue weighted by molar-refractivity contribution is 7.26. The highest BCUT2D eigenvalue weighted by Gasteiger charge is 2.20. The van der Waals surface area contributed by atoms with Crippen LogP contribution < -0.4 is 4.90 Å². The summed E-state index contributed by atoms with van der Waals surface area (Å²) in [7, 11) is 0. The van der Waals surface area contributed by atoms with E-state index in [-0.39, 0.29) is 0 Å². The number of benzene rings is 9. The van der Waals surface area contributed by atoms with Crippen molar-refractivity contribution in [2.24, 2.45) is 0 Å². The van der Waals surface area contributed by atoms with Crippen LogP contribution in [0.5, 0.6) is 0 Å². The van der Waals surface area contributed by atoms with Crippen LogP contribution in [0.2, 0.25) is 0 Å². The van der Waals surface area contributed by atoms with E-state index < -0.39 is 0 Å². The Kier molecular flexibility index (Phi) is 7.39. The van der Waals surface area contributed by atoms with E-state index in [4.69, 9.17) is 4.42 Å². The van der Waals surface area contributed by atoms with Gasteiger partial charge in [-0.15, -0.1) is 11.3 Å². The lowest BCUT2D eigenvalue weighted by atomic mass is 9.95. The molecule has 11 aromatic rings. The number of nitrogens with zero attached hydrogens (tertiary/aromatic N) is 1. The summed E-state index contributed by atoms with van der Waals surface area (Å²) < 4.78 is 8.94. The lowest BCUT2D eigenvalue weighted by molar-refractivity contribution is 0.669. The Bertz CT molecular complexity index is 3240. The van der Waals surface area contributed by atoms with Crippen LogP contribution in [-0.4, -0.2) is 0 Å². The van der Waals surface area contributed by atoms with Crippen LogP contribution in [0.15, 0.2) is 205 Å². The molecule has 3 heteroatoms. The fraction of sp³-hybridized carbons (Fsp3) is 0. The molecule has 0 atom stereocenters. The predicted molar refractivity (Wildman–Crippen MR) is 235 cm³/mol. The first-order valence-corrected chi connectivity index (χ1v) is 19.5. The summed E-state index contributed by atoms with van der Waals surface area (Å²) in [6.45, 7) is 0. The van der Waals surface area contributed by atoms with Gasteiger partial charge in [-0.1, -0.05) is 146 Å². The SMILES string of the molecule is c1cc(-c2cccc(N(c3ccc4oc5ccccc5c4c3)c3ccccc3-c3cccc4ccccc34)c2)cc(-c2cccc3c2sc2ccccc23)c1. The Balaban J connectivity index is 1.09. The van der Waals surface area contributed by atoms with Crippen molar-refractivity contribution in [2.75, 3.05) is 4.90 Å². The topological polar surface area (TPSA) is 16.4 Å². The van der Waals surface area contributed by atoms with Gasteiger partial charge in [-0.25, -0.2) is 0 Å². The highest BCUT2D eigenvalue weighted by atomic mass is 32.1. The standard InChI is InChI=1S/C52H33NOS/c1-2-19-40-34(13-1)14-11-24-42(40)43-20-3-6-26-48(43)53(39-29-30-50-47(33-39)44-21-4-7-27-49(44)54-50)38-18-10-16-36(32-38)35-15-9-17-37(31-35)41-23-12-25-46-45-22-5-8-28-51(45)55-52(41)46/h1-33H. The quantitative estimate of drug-likeness (QED) is 0.170. The third-order valence-electron chi connectivity index (χ3n) is 10.9. The number of hydrogen-bond donors (Lipinski definition) is 0. The zero-order chi connectivity index (χ0) is 36.3. The zero-order valence-corrected chi connectivity index (χ0v) is 30.6. The van der Waals surface area contributed by atoms with Gasteiger partial charge in [0.15, 0.2) is 0 Å². The van der Waals surface area contributed by atoms with E-state index in [1.165, 1.54) is 58.8 Å². The summed E-state index contributed by atoms with van der Waals surface area (Å²) in [6.07, 6.45) is 0. The van der Waals surface area contributed by atoms with Gasteiger partial charge >= 0.3 is 0 Å². The molecule has 2 aromatic heterocycles. The molecule has 0 aliphatic carbocycles. The molecule has 0 fully saturated rings. The van der Waals surface area contributed by atoms with Crippen LogP contribution >= 0.6 is 11.3 Å². The van der Waals surface area contributed by atoms with Crippen molar-refractivity contribution in [1.29, 1.82) is 0 Å². The molecule has 2 nitrogen and oxygen atoms in total. The summed E-state index contributed by atoms with van der Waals surface area (Å²) in [6, 6.07) is 72.3.